The number of imide groups is 1. The summed E-state index contributed by atoms with van der Waals surface area (Å²) in [5, 5.41) is 0. The summed E-state index contributed by atoms with van der Waals surface area (Å²) in [5.74, 6) is -1.93. The van der Waals surface area contributed by atoms with Gasteiger partial charge in [0.25, 0.3) is 17.7 Å². The first kappa shape index (κ1) is 8.45. The van der Waals surface area contributed by atoms with E-state index in [0.717, 1.165) is 11.0 Å². The molecule has 0 bridgehead atoms. The Labute approximate surface area is 68.8 Å². The second-order valence-electron chi connectivity index (χ2n) is 2.31. The number of nitrogens with two attached hydrogens (primary N) is 1. The molecule has 2 N–H and O–H groups in total. The van der Waals surface area contributed by atoms with Crippen LogP contribution in [0.15, 0.2) is 11.6 Å². The molecule has 5 nitrogen and oxygen atoms in total. The minimum Gasteiger partial charge on any atom is -0.365 e. The lowest BCUT2D eigenvalue weighted by Gasteiger charge is -2.09. The van der Waals surface area contributed by atoms with Crippen molar-refractivity contribution < 1.29 is 14.4 Å². The van der Waals surface area contributed by atoms with Crippen LogP contribution in [-0.4, -0.2) is 29.2 Å². The molecular formula is C7H8N2O3. The number of hydrogen-bond acceptors (Lipinski definition) is 3. The van der Waals surface area contributed by atoms with E-state index in [2.05, 4.69) is 0 Å². The van der Waals surface area contributed by atoms with Crippen LogP contribution in [-0.2, 0) is 14.4 Å². The van der Waals surface area contributed by atoms with Crippen LogP contribution >= 0.6 is 0 Å². The summed E-state index contributed by atoms with van der Waals surface area (Å²) in [6, 6.07) is 0. The number of hydrogen-bond donors (Lipinski definition) is 1. The highest BCUT2D eigenvalue weighted by molar-refractivity contribution is 6.29. The Morgan fingerprint density at radius 2 is 2.17 bits per heavy atom. The number of primary amides is 1. The van der Waals surface area contributed by atoms with Gasteiger partial charge in [0.2, 0.25) is 0 Å². The topological polar surface area (TPSA) is 80.5 Å². The first-order valence-electron chi connectivity index (χ1n) is 3.45. The van der Waals surface area contributed by atoms with Gasteiger partial charge >= 0.3 is 0 Å². The van der Waals surface area contributed by atoms with Crippen LogP contribution in [0.2, 0.25) is 0 Å². The van der Waals surface area contributed by atoms with Crippen LogP contribution in [0.1, 0.15) is 6.92 Å². The van der Waals surface area contributed by atoms with Gasteiger partial charge in [0.1, 0.15) is 5.57 Å². The van der Waals surface area contributed by atoms with E-state index < -0.39 is 17.7 Å². The molecule has 1 aliphatic heterocycles. The molecule has 0 aromatic heterocycles. The SMILES string of the molecule is CCN1C(=O)C=C(C(N)=O)C1=O. The van der Waals surface area contributed by atoms with Crippen molar-refractivity contribution in [3.05, 3.63) is 11.6 Å². The predicted molar refractivity (Wildman–Crippen MR) is 39.7 cm³/mol. The second kappa shape index (κ2) is 2.77. The zero-order valence-electron chi connectivity index (χ0n) is 6.53. The Morgan fingerprint density at radius 3 is 2.42 bits per heavy atom. The maximum Gasteiger partial charge on any atom is 0.266 e. The molecule has 0 aromatic carbocycles. The van der Waals surface area contributed by atoms with Crippen molar-refractivity contribution in [2.45, 2.75) is 6.92 Å². The molecule has 12 heavy (non-hydrogen) atoms. The Morgan fingerprint density at radius 1 is 1.58 bits per heavy atom. The molecule has 3 amide bonds. The monoisotopic (exact) mass is 168 g/mol. The highest BCUT2D eigenvalue weighted by Gasteiger charge is 2.32. The van der Waals surface area contributed by atoms with Gasteiger partial charge in [0.05, 0.1) is 0 Å². The van der Waals surface area contributed by atoms with Crippen molar-refractivity contribution in [3.8, 4) is 0 Å². The lowest BCUT2D eigenvalue weighted by molar-refractivity contribution is -0.137. The zero-order valence-corrected chi connectivity index (χ0v) is 6.53. The molecule has 64 valence electrons. The van der Waals surface area contributed by atoms with E-state index in [1.165, 1.54) is 0 Å². The van der Waals surface area contributed by atoms with Crippen LogP contribution in [0.3, 0.4) is 0 Å². The van der Waals surface area contributed by atoms with Crippen LogP contribution in [0, 0.1) is 0 Å². The number of rotatable bonds is 2. The van der Waals surface area contributed by atoms with Crippen molar-refractivity contribution in [1.82, 2.24) is 4.90 Å². The molecule has 1 heterocycles. The fraction of sp³-hybridized carbons (Fsp3) is 0.286. The largest absolute Gasteiger partial charge is 0.365 e. The molecule has 0 spiro atoms. The summed E-state index contributed by atoms with van der Waals surface area (Å²) in [6.07, 6.45) is 0.966. The van der Waals surface area contributed by atoms with Gasteiger partial charge in [-0.25, -0.2) is 0 Å². The third-order valence-corrected chi connectivity index (χ3v) is 1.59. The highest BCUT2D eigenvalue weighted by Crippen LogP contribution is 2.11. The van der Waals surface area contributed by atoms with E-state index in [4.69, 9.17) is 5.73 Å². The minimum absolute atomic E-state index is 0.234. The minimum atomic E-state index is -0.857. The number of carbonyl (C=O) groups is 3. The Balaban J connectivity index is 2.97. The Hall–Kier alpha value is -1.65. The highest BCUT2D eigenvalue weighted by atomic mass is 16.2. The van der Waals surface area contributed by atoms with Crippen LogP contribution in [0.5, 0.6) is 0 Å². The van der Waals surface area contributed by atoms with Gasteiger partial charge in [0.15, 0.2) is 0 Å². The van der Waals surface area contributed by atoms with E-state index >= 15 is 0 Å². The normalized spacial score (nSPS) is 16.8. The maximum absolute atomic E-state index is 11.1. The molecule has 5 heteroatoms. The van der Waals surface area contributed by atoms with E-state index in [1.807, 2.05) is 0 Å². The van der Waals surface area contributed by atoms with Gasteiger partial charge in [-0.1, -0.05) is 0 Å². The van der Waals surface area contributed by atoms with Crippen molar-refractivity contribution in [3.63, 3.8) is 0 Å². The summed E-state index contributed by atoms with van der Waals surface area (Å²) in [5.41, 5.74) is 4.63. The van der Waals surface area contributed by atoms with Crippen LogP contribution in [0.4, 0.5) is 0 Å². The van der Waals surface area contributed by atoms with Crippen molar-refractivity contribution in [2.75, 3.05) is 6.54 Å². The summed E-state index contributed by atoms with van der Waals surface area (Å²) >= 11 is 0. The van der Waals surface area contributed by atoms with Crippen molar-refractivity contribution in [1.29, 1.82) is 0 Å². The lowest BCUT2D eigenvalue weighted by Crippen LogP contribution is -2.32. The van der Waals surface area contributed by atoms with Gasteiger partial charge < -0.3 is 5.73 Å². The third-order valence-electron chi connectivity index (χ3n) is 1.59. The fourth-order valence-electron chi connectivity index (χ4n) is 0.985. The van der Waals surface area contributed by atoms with E-state index in [-0.39, 0.29) is 12.1 Å². The third kappa shape index (κ3) is 1.09. The number of likely N-dealkylation sites (N-methyl/N-ethyl adjacent to an activating group) is 1. The number of amides is 3. The predicted octanol–water partition coefficient (Wildman–Crippen LogP) is -1.21. The zero-order chi connectivity index (χ0) is 9.30. The number of nitrogens with zero attached hydrogens (tertiary/aromatic N) is 1. The summed E-state index contributed by atoms with van der Waals surface area (Å²) in [4.78, 5) is 33.6. The molecule has 0 atom stereocenters. The average Bonchev–Trinajstić information content (AvgIpc) is 2.27. The molecule has 0 unspecified atom stereocenters. The Bertz CT molecular complexity index is 293. The molecule has 0 aliphatic carbocycles. The Kier molecular flexibility index (Phi) is 1.95. The quantitative estimate of drug-likeness (QED) is 0.415. The molecule has 1 aliphatic rings. The van der Waals surface area contributed by atoms with Gasteiger partial charge in [-0.05, 0) is 6.92 Å². The molecule has 0 saturated heterocycles. The number of carbonyl (C=O) groups excluding carboxylic acids is 3. The fourth-order valence-corrected chi connectivity index (χ4v) is 0.985. The summed E-state index contributed by atoms with van der Waals surface area (Å²) in [6.45, 7) is 1.90. The molecule has 0 saturated carbocycles. The summed E-state index contributed by atoms with van der Waals surface area (Å²) in [7, 11) is 0. The lowest BCUT2D eigenvalue weighted by atomic mass is 10.2. The molecule has 0 fully saturated rings. The van der Waals surface area contributed by atoms with Gasteiger partial charge in [0, 0.05) is 12.6 Å². The maximum atomic E-state index is 11.1. The molecule has 0 radical (unpaired) electrons. The van der Waals surface area contributed by atoms with Gasteiger partial charge in [-0.3, -0.25) is 19.3 Å². The van der Waals surface area contributed by atoms with Gasteiger partial charge in [-0.2, -0.15) is 0 Å². The molecule has 1 rings (SSSR count). The van der Waals surface area contributed by atoms with Crippen molar-refractivity contribution in [2.24, 2.45) is 5.73 Å². The molecular weight excluding hydrogens is 160 g/mol. The summed E-state index contributed by atoms with van der Waals surface area (Å²) < 4.78 is 0. The van der Waals surface area contributed by atoms with E-state index in [9.17, 15) is 14.4 Å². The molecule has 0 aromatic rings. The smallest absolute Gasteiger partial charge is 0.266 e. The van der Waals surface area contributed by atoms with Gasteiger partial charge in [-0.15, -0.1) is 0 Å². The van der Waals surface area contributed by atoms with Crippen LogP contribution in [0.25, 0.3) is 0 Å². The first-order valence-corrected chi connectivity index (χ1v) is 3.45. The first-order chi connectivity index (χ1) is 5.57. The second-order valence-corrected chi connectivity index (χ2v) is 2.31. The van der Waals surface area contributed by atoms with E-state index in [0.29, 0.717) is 0 Å². The standard InChI is InChI=1S/C7H8N2O3/c1-2-9-5(10)3-4(6(8)11)7(9)12/h3H,2H2,1H3,(H2,8,11). The van der Waals surface area contributed by atoms with E-state index in [1.54, 1.807) is 6.92 Å². The van der Waals surface area contributed by atoms with Crippen molar-refractivity contribution >= 4 is 17.7 Å². The van der Waals surface area contributed by atoms with Crippen LogP contribution < -0.4 is 5.73 Å². The average molecular weight is 168 g/mol.